The van der Waals surface area contributed by atoms with Crippen molar-refractivity contribution < 1.29 is 13.2 Å². The van der Waals surface area contributed by atoms with Gasteiger partial charge >= 0.3 is 6.18 Å². The number of pyridine rings is 1. The Labute approximate surface area is 156 Å². The van der Waals surface area contributed by atoms with Gasteiger partial charge in [-0.05, 0) is 35.7 Å². The molecule has 0 amide bonds. The van der Waals surface area contributed by atoms with Crippen LogP contribution in [0.1, 0.15) is 5.56 Å². The highest BCUT2D eigenvalue weighted by Gasteiger charge is 2.31. The fraction of sp³-hybridized carbons (Fsp3) is 0.143. The molecule has 0 saturated heterocycles. The molecule has 0 aliphatic carbocycles. The number of hydrogen-bond acceptors (Lipinski definition) is 3. The number of benzene rings is 3. The summed E-state index contributed by atoms with van der Waals surface area (Å²) in [5, 5.41) is 2.92. The van der Waals surface area contributed by atoms with Crippen molar-refractivity contribution in [3.05, 3.63) is 64.4 Å². The minimum atomic E-state index is -4.47. The van der Waals surface area contributed by atoms with E-state index < -0.39 is 11.7 Å². The first-order valence-electron chi connectivity index (χ1n) is 8.64. The molecule has 0 aliphatic heterocycles. The quantitative estimate of drug-likeness (QED) is 0.423. The van der Waals surface area contributed by atoms with Crippen LogP contribution in [0, 0.1) is 0 Å². The van der Waals surface area contributed by atoms with Gasteiger partial charge in [0.15, 0.2) is 0 Å². The molecule has 0 unspecified atom stereocenters. The van der Waals surface area contributed by atoms with E-state index in [-0.39, 0.29) is 11.1 Å². The van der Waals surface area contributed by atoms with Crippen LogP contribution in [0.2, 0.25) is 0 Å². The van der Waals surface area contributed by atoms with E-state index in [1.807, 2.05) is 49.3 Å². The lowest BCUT2D eigenvalue weighted by Crippen LogP contribution is -2.15. The molecule has 140 valence electrons. The van der Waals surface area contributed by atoms with Crippen LogP contribution < -0.4 is 10.5 Å². The van der Waals surface area contributed by atoms with E-state index in [0.717, 1.165) is 34.0 Å². The summed E-state index contributed by atoms with van der Waals surface area (Å²) in [5.41, 5.74) is 0.690. The van der Waals surface area contributed by atoms with Crippen molar-refractivity contribution in [3.63, 3.8) is 0 Å². The number of fused-ring (bicyclic) bond motifs is 4. The number of nitrogens with zero attached hydrogens (tertiary/aromatic N) is 3. The highest BCUT2D eigenvalue weighted by atomic mass is 19.4. The molecular formula is C21H14F3N3O. The largest absolute Gasteiger partial charge is 0.416 e. The monoisotopic (exact) mass is 381 g/mol. The molecule has 7 heteroatoms. The third-order valence-electron chi connectivity index (χ3n) is 5.13. The van der Waals surface area contributed by atoms with Gasteiger partial charge < -0.3 is 4.90 Å². The lowest BCUT2D eigenvalue weighted by atomic mass is 10.0. The molecule has 0 spiro atoms. The first kappa shape index (κ1) is 16.8. The first-order valence-corrected chi connectivity index (χ1v) is 8.64. The zero-order valence-corrected chi connectivity index (χ0v) is 15.0. The van der Waals surface area contributed by atoms with Crippen LogP contribution in [0.25, 0.3) is 38.2 Å². The summed E-state index contributed by atoms with van der Waals surface area (Å²) >= 11 is 0. The van der Waals surface area contributed by atoms with Crippen molar-refractivity contribution in [1.82, 2.24) is 9.38 Å². The lowest BCUT2D eigenvalue weighted by Gasteiger charge is -2.15. The number of alkyl halides is 3. The van der Waals surface area contributed by atoms with Gasteiger partial charge in [0, 0.05) is 30.6 Å². The predicted octanol–water partition coefficient (Wildman–Crippen LogP) is 4.68. The van der Waals surface area contributed by atoms with Crippen molar-refractivity contribution in [2.45, 2.75) is 6.18 Å². The maximum atomic E-state index is 13.3. The summed E-state index contributed by atoms with van der Waals surface area (Å²) in [5.74, 6) is 0. The smallest absolute Gasteiger partial charge is 0.378 e. The number of rotatable bonds is 1. The molecule has 0 bridgehead atoms. The topological polar surface area (TPSA) is 37.6 Å². The summed E-state index contributed by atoms with van der Waals surface area (Å²) in [6, 6.07) is 12.7. The van der Waals surface area contributed by atoms with Crippen LogP contribution in [-0.2, 0) is 6.18 Å². The third kappa shape index (κ3) is 2.19. The second-order valence-electron chi connectivity index (χ2n) is 7.07. The molecule has 5 aromatic rings. The van der Waals surface area contributed by atoms with Gasteiger partial charge in [0.05, 0.1) is 22.0 Å². The molecule has 5 rings (SSSR count). The molecule has 28 heavy (non-hydrogen) atoms. The molecule has 2 aromatic heterocycles. The van der Waals surface area contributed by atoms with Gasteiger partial charge in [0.1, 0.15) is 5.65 Å². The Morgan fingerprint density at radius 3 is 2.50 bits per heavy atom. The second kappa shape index (κ2) is 5.34. The predicted molar refractivity (Wildman–Crippen MR) is 104 cm³/mol. The molecule has 0 aliphatic rings. The van der Waals surface area contributed by atoms with Gasteiger partial charge in [-0.2, -0.15) is 13.2 Å². The Balaban J connectivity index is 2.01. The van der Waals surface area contributed by atoms with Crippen LogP contribution in [-0.4, -0.2) is 23.5 Å². The lowest BCUT2D eigenvalue weighted by molar-refractivity contribution is -0.137. The van der Waals surface area contributed by atoms with E-state index in [1.165, 1.54) is 10.5 Å². The van der Waals surface area contributed by atoms with Crippen LogP contribution in [0.3, 0.4) is 0 Å². The molecule has 2 heterocycles. The number of anilines is 1. The van der Waals surface area contributed by atoms with Gasteiger partial charge in [-0.15, -0.1) is 0 Å². The van der Waals surface area contributed by atoms with E-state index in [2.05, 4.69) is 4.98 Å². The minimum Gasteiger partial charge on any atom is -0.378 e. The van der Waals surface area contributed by atoms with Crippen molar-refractivity contribution in [2.24, 2.45) is 0 Å². The van der Waals surface area contributed by atoms with Gasteiger partial charge in [-0.25, -0.2) is 4.98 Å². The molecule has 4 nitrogen and oxygen atoms in total. The Bertz CT molecular complexity index is 1450. The van der Waals surface area contributed by atoms with Crippen molar-refractivity contribution in [3.8, 4) is 0 Å². The Hall–Kier alpha value is -3.35. The maximum absolute atomic E-state index is 13.3. The van der Waals surface area contributed by atoms with Crippen molar-refractivity contribution in [2.75, 3.05) is 19.0 Å². The standard InChI is InChI=1S/C21H14F3N3O/c1-26(2)13-8-11-4-3-5-14-18(11)15(10-13)20(28)27-17-7-6-12(21(22,23)24)9-16(17)25-19(14)27/h3-10H,1-2H3. The summed E-state index contributed by atoms with van der Waals surface area (Å²) in [6.07, 6.45) is -4.47. The summed E-state index contributed by atoms with van der Waals surface area (Å²) in [7, 11) is 3.78. The number of aromatic nitrogens is 2. The average molecular weight is 381 g/mol. The molecule has 0 saturated carbocycles. The fourth-order valence-electron chi connectivity index (χ4n) is 3.79. The molecule has 0 radical (unpaired) electrons. The fourth-order valence-corrected chi connectivity index (χ4v) is 3.79. The van der Waals surface area contributed by atoms with Gasteiger partial charge in [0.2, 0.25) is 0 Å². The highest BCUT2D eigenvalue weighted by molar-refractivity contribution is 6.16. The van der Waals surface area contributed by atoms with E-state index in [0.29, 0.717) is 16.6 Å². The molecular weight excluding hydrogens is 367 g/mol. The van der Waals surface area contributed by atoms with Crippen LogP contribution in [0.4, 0.5) is 18.9 Å². The number of imidazole rings is 1. The van der Waals surface area contributed by atoms with Crippen LogP contribution in [0.5, 0.6) is 0 Å². The normalized spacial score (nSPS) is 12.6. The van der Waals surface area contributed by atoms with Crippen molar-refractivity contribution in [1.29, 1.82) is 0 Å². The summed E-state index contributed by atoms with van der Waals surface area (Å²) in [4.78, 5) is 19.6. The zero-order valence-electron chi connectivity index (χ0n) is 15.0. The summed E-state index contributed by atoms with van der Waals surface area (Å²) in [6.45, 7) is 0. The van der Waals surface area contributed by atoms with E-state index in [4.69, 9.17) is 0 Å². The second-order valence-corrected chi connectivity index (χ2v) is 7.07. The highest BCUT2D eigenvalue weighted by Crippen LogP contribution is 2.34. The first-order chi connectivity index (χ1) is 13.3. The zero-order chi connectivity index (χ0) is 19.8. The molecule has 0 N–H and O–H groups in total. The molecule has 0 atom stereocenters. The molecule has 3 aromatic carbocycles. The maximum Gasteiger partial charge on any atom is 0.416 e. The average Bonchev–Trinajstić information content (AvgIpc) is 3.03. The van der Waals surface area contributed by atoms with Gasteiger partial charge in [-0.3, -0.25) is 9.20 Å². The molecule has 0 fully saturated rings. The Morgan fingerprint density at radius 2 is 1.79 bits per heavy atom. The van der Waals surface area contributed by atoms with Crippen LogP contribution >= 0.6 is 0 Å². The van der Waals surface area contributed by atoms with Gasteiger partial charge in [0.25, 0.3) is 5.56 Å². The van der Waals surface area contributed by atoms with Gasteiger partial charge in [-0.1, -0.05) is 18.2 Å². The summed E-state index contributed by atoms with van der Waals surface area (Å²) < 4.78 is 40.7. The minimum absolute atomic E-state index is 0.149. The van der Waals surface area contributed by atoms with Crippen LogP contribution in [0.15, 0.2) is 53.3 Å². The number of hydrogen-bond donors (Lipinski definition) is 0. The third-order valence-corrected chi connectivity index (χ3v) is 5.13. The SMILES string of the molecule is CN(C)c1cc2cccc3c2c(c1)c(=O)n1c2ccc(C(F)(F)F)cc2nc31. The van der Waals surface area contributed by atoms with E-state index in [1.54, 1.807) is 0 Å². The number of halogens is 3. The Morgan fingerprint density at radius 1 is 1.00 bits per heavy atom. The Kier molecular flexibility index (Phi) is 3.21. The van der Waals surface area contributed by atoms with E-state index in [9.17, 15) is 18.0 Å². The van der Waals surface area contributed by atoms with E-state index >= 15 is 0 Å². The van der Waals surface area contributed by atoms with Crippen molar-refractivity contribution >= 4 is 43.9 Å².